The van der Waals surface area contributed by atoms with Crippen LogP contribution >= 0.6 is 11.6 Å². The molecule has 0 saturated heterocycles. The molecule has 1 heterocycles. The Morgan fingerprint density at radius 2 is 2.18 bits per heavy atom. The van der Waals surface area contributed by atoms with Gasteiger partial charge in [0.2, 0.25) is 0 Å². The smallest absolute Gasteiger partial charge is 0.338 e. The number of esters is 1. The van der Waals surface area contributed by atoms with Crippen LogP contribution in [0.5, 0.6) is 11.5 Å². The van der Waals surface area contributed by atoms with E-state index in [0.717, 1.165) is 5.56 Å². The van der Waals surface area contributed by atoms with Gasteiger partial charge in [0.05, 0.1) is 12.2 Å². The average Bonchev–Trinajstić information content (AvgIpc) is 2.52. The van der Waals surface area contributed by atoms with Gasteiger partial charge in [0.15, 0.2) is 6.79 Å². The summed E-state index contributed by atoms with van der Waals surface area (Å²) in [7, 11) is 0. The summed E-state index contributed by atoms with van der Waals surface area (Å²) in [6.45, 7) is 0.586. The first-order valence-electron chi connectivity index (χ1n) is 6.61. The van der Waals surface area contributed by atoms with Crippen molar-refractivity contribution in [3.05, 3.63) is 58.1 Å². The Kier molecular flexibility index (Phi) is 4.18. The fourth-order valence-electron chi connectivity index (χ4n) is 2.22. The van der Waals surface area contributed by atoms with Crippen molar-refractivity contribution < 1.29 is 24.1 Å². The molecule has 2 aromatic rings. The summed E-state index contributed by atoms with van der Waals surface area (Å²) in [6.07, 6.45) is 0. The Morgan fingerprint density at radius 1 is 1.32 bits per heavy atom. The third-order valence-electron chi connectivity index (χ3n) is 3.19. The summed E-state index contributed by atoms with van der Waals surface area (Å²) in [5.74, 6) is 0.117. The average molecular weight is 321 g/mol. The Labute approximate surface area is 132 Å². The number of carbonyl (C=O) groups is 1. The molecule has 5 nitrogen and oxygen atoms in total. The van der Waals surface area contributed by atoms with E-state index < -0.39 is 5.97 Å². The minimum absolute atomic E-state index is 0.00932. The lowest BCUT2D eigenvalue weighted by Crippen LogP contribution is -2.14. The molecular formula is C16H13ClO5. The van der Waals surface area contributed by atoms with E-state index in [1.165, 1.54) is 12.1 Å². The van der Waals surface area contributed by atoms with E-state index in [1.54, 1.807) is 24.3 Å². The van der Waals surface area contributed by atoms with Gasteiger partial charge in [-0.05, 0) is 30.3 Å². The minimum Gasteiger partial charge on any atom is -0.508 e. The molecule has 0 fully saturated rings. The van der Waals surface area contributed by atoms with Crippen molar-refractivity contribution in [3.63, 3.8) is 0 Å². The van der Waals surface area contributed by atoms with E-state index in [-0.39, 0.29) is 24.7 Å². The second kappa shape index (κ2) is 6.25. The molecule has 0 spiro atoms. The standard InChI is InChI=1S/C16H13ClO5/c17-13-4-11-7-20-9-22-15(11)12(5-13)8-21-16(19)10-2-1-3-14(18)6-10/h1-6,18H,7-9H2. The van der Waals surface area contributed by atoms with Crippen LogP contribution in [0.4, 0.5) is 0 Å². The van der Waals surface area contributed by atoms with Crippen molar-refractivity contribution >= 4 is 17.6 Å². The van der Waals surface area contributed by atoms with Gasteiger partial charge in [-0.25, -0.2) is 4.79 Å². The van der Waals surface area contributed by atoms with E-state index in [2.05, 4.69) is 0 Å². The van der Waals surface area contributed by atoms with Gasteiger partial charge in [0.1, 0.15) is 18.1 Å². The molecule has 114 valence electrons. The third kappa shape index (κ3) is 3.16. The number of aromatic hydroxyl groups is 1. The van der Waals surface area contributed by atoms with E-state index in [9.17, 15) is 9.90 Å². The fourth-order valence-corrected chi connectivity index (χ4v) is 2.49. The molecule has 0 unspecified atom stereocenters. The van der Waals surface area contributed by atoms with Crippen molar-refractivity contribution in [1.82, 2.24) is 0 Å². The predicted molar refractivity (Wildman–Crippen MR) is 79.0 cm³/mol. The van der Waals surface area contributed by atoms with Crippen molar-refractivity contribution in [1.29, 1.82) is 0 Å². The molecular weight excluding hydrogens is 308 g/mol. The second-order valence-electron chi connectivity index (χ2n) is 4.79. The van der Waals surface area contributed by atoms with Crippen LogP contribution in [-0.2, 0) is 22.7 Å². The molecule has 0 bridgehead atoms. The normalized spacial score (nSPS) is 13.1. The van der Waals surface area contributed by atoms with Gasteiger partial charge in [-0.1, -0.05) is 17.7 Å². The highest BCUT2D eigenvalue weighted by Crippen LogP contribution is 2.32. The highest BCUT2D eigenvalue weighted by atomic mass is 35.5. The quantitative estimate of drug-likeness (QED) is 0.879. The van der Waals surface area contributed by atoms with Gasteiger partial charge < -0.3 is 19.3 Å². The highest BCUT2D eigenvalue weighted by Gasteiger charge is 2.18. The lowest BCUT2D eigenvalue weighted by Gasteiger charge is -2.21. The maximum Gasteiger partial charge on any atom is 0.338 e. The molecule has 1 aliphatic rings. The van der Waals surface area contributed by atoms with Crippen molar-refractivity contribution in [3.8, 4) is 11.5 Å². The zero-order chi connectivity index (χ0) is 15.5. The van der Waals surface area contributed by atoms with Crippen LogP contribution in [0, 0.1) is 0 Å². The summed E-state index contributed by atoms with van der Waals surface area (Å²) >= 11 is 6.05. The van der Waals surface area contributed by atoms with Crippen LogP contribution in [0.15, 0.2) is 36.4 Å². The van der Waals surface area contributed by atoms with Gasteiger partial charge in [0.25, 0.3) is 0 Å². The van der Waals surface area contributed by atoms with E-state index in [1.807, 2.05) is 0 Å². The van der Waals surface area contributed by atoms with Crippen LogP contribution in [0.25, 0.3) is 0 Å². The first kappa shape index (κ1) is 14.7. The number of benzene rings is 2. The first-order valence-corrected chi connectivity index (χ1v) is 6.99. The lowest BCUT2D eigenvalue weighted by atomic mass is 10.1. The fraction of sp³-hybridized carbons (Fsp3) is 0.188. The molecule has 0 radical (unpaired) electrons. The van der Waals surface area contributed by atoms with Crippen LogP contribution in [-0.4, -0.2) is 17.9 Å². The minimum atomic E-state index is -0.531. The molecule has 0 aliphatic carbocycles. The van der Waals surface area contributed by atoms with Crippen LogP contribution < -0.4 is 4.74 Å². The summed E-state index contributed by atoms with van der Waals surface area (Å²) in [6, 6.07) is 9.43. The Morgan fingerprint density at radius 3 is 3.00 bits per heavy atom. The number of phenols is 1. The number of rotatable bonds is 3. The summed E-state index contributed by atoms with van der Waals surface area (Å²) in [4.78, 5) is 12.0. The largest absolute Gasteiger partial charge is 0.508 e. The Balaban J connectivity index is 1.76. The van der Waals surface area contributed by atoms with Gasteiger partial charge in [-0.15, -0.1) is 0 Å². The highest BCUT2D eigenvalue weighted by molar-refractivity contribution is 6.30. The summed E-state index contributed by atoms with van der Waals surface area (Å²) in [5, 5.41) is 9.91. The molecule has 0 saturated carbocycles. The van der Waals surface area contributed by atoms with Crippen LogP contribution in [0.3, 0.4) is 0 Å². The number of halogens is 1. The van der Waals surface area contributed by atoms with Gasteiger partial charge in [-0.3, -0.25) is 0 Å². The molecule has 6 heteroatoms. The van der Waals surface area contributed by atoms with Crippen LogP contribution in [0.2, 0.25) is 5.02 Å². The van der Waals surface area contributed by atoms with Crippen molar-refractivity contribution in [2.45, 2.75) is 13.2 Å². The van der Waals surface area contributed by atoms with Crippen LogP contribution in [0.1, 0.15) is 21.5 Å². The Hall–Kier alpha value is -2.24. The van der Waals surface area contributed by atoms with E-state index >= 15 is 0 Å². The number of phenolic OH excluding ortho intramolecular Hbond substituents is 1. The van der Waals surface area contributed by atoms with E-state index in [0.29, 0.717) is 22.9 Å². The number of fused-ring (bicyclic) bond motifs is 1. The molecule has 0 aromatic heterocycles. The molecule has 2 aromatic carbocycles. The first-order chi connectivity index (χ1) is 10.6. The SMILES string of the molecule is O=C(OCc1cc(Cl)cc2c1OCOC2)c1cccc(O)c1. The molecule has 0 amide bonds. The third-order valence-corrected chi connectivity index (χ3v) is 3.41. The maximum absolute atomic E-state index is 12.0. The van der Waals surface area contributed by atoms with Crippen molar-refractivity contribution in [2.24, 2.45) is 0 Å². The molecule has 22 heavy (non-hydrogen) atoms. The lowest BCUT2D eigenvalue weighted by molar-refractivity contribution is -0.0180. The van der Waals surface area contributed by atoms with Gasteiger partial charge in [0, 0.05) is 16.1 Å². The number of carbonyl (C=O) groups excluding carboxylic acids is 1. The van der Waals surface area contributed by atoms with Crippen molar-refractivity contribution in [2.75, 3.05) is 6.79 Å². The van der Waals surface area contributed by atoms with Gasteiger partial charge >= 0.3 is 5.97 Å². The second-order valence-corrected chi connectivity index (χ2v) is 5.23. The van der Waals surface area contributed by atoms with Gasteiger partial charge in [-0.2, -0.15) is 0 Å². The monoisotopic (exact) mass is 320 g/mol. The maximum atomic E-state index is 12.0. The number of ether oxygens (including phenoxy) is 3. The molecule has 0 atom stereocenters. The topological polar surface area (TPSA) is 65.0 Å². The predicted octanol–water partition coefficient (Wildman–Crippen LogP) is 3.27. The molecule has 3 rings (SSSR count). The summed E-state index contributed by atoms with van der Waals surface area (Å²) < 4.78 is 15.9. The van der Waals surface area contributed by atoms with E-state index in [4.69, 9.17) is 25.8 Å². The molecule has 1 N–H and O–H groups in total. The summed E-state index contributed by atoms with van der Waals surface area (Å²) in [5.41, 5.74) is 1.78. The zero-order valence-electron chi connectivity index (χ0n) is 11.5. The number of hydrogen-bond acceptors (Lipinski definition) is 5. The Bertz CT molecular complexity index is 714. The number of hydrogen-bond donors (Lipinski definition) is 1. The molecule has 1 aliphatic heterocycles. The zero-order valence-corrected chi connectivity index (χ0v) is 12.3.